The van der Waals surface area contributed by atoms with E-state index < -0.39 is 5.91 Å². The van der Waals surface area contributed by atoms with Gasteiger partial charge in [-0.3, -0.25) is 4.79 Å². The van der Waals surface area contributed by atoms with Crippen LogP contribution >= 0.6 is 61.7 Å². The van der Waals surface area contributed by atoms with Gasteiger partial charge in [-0.15, -0.1) is 0 Å². The Morgan fingerprint density at radius 1 is 1.15 bits per heavy atom. The molecule has 10 heteroatoms. The van der Waals surface area contributed by atoms with Crippen LogP contribution in [0.15, 0.2) is 58.1 Å². The Kier molecular flexibility index (Phi) is 9.25. The van der Waals surface area contributed by atoms with Crippen molar-refractivity contribution in [2.75, 3.05) is 6.61 Å². The van der Waals surface area contributed by atoms with Crippen molar-refractivity contribution < 1.29 is 19.4 Å². The Bertz CT molecular complexity index is 1210. The predicted molar refractivity (Wildman–Crippen MR) is 142 cm³/mol. The molecule has 0 heterocycles. The number of nitrogens with one attached hydrogen (secondary N) is 1. The average molecular weight is 664 g/mol. The first-order chi connectivity index (χ1) is 15.8. The molecule has 2 N–H and O–H groups in total. The topological polar surface area (TPSA) is 80.2 Å². The smallest absolute Gasteiger partial charge is 0.275 e. The number of ether oxygens (including phenoxy) is 2. The number of carbonyl (C=O) groups excluding carboxylic acids is 1. The van der Waals surface area contributed by atoms with E-state index in [4.69, 9.17) is 32.7 Å². The van der Waals surface area contributed by atoms with Crippen LogP contribution in [0.25, 0.3) is 0 Å². The highest BCUT2D eigenvalue weighted by Gasteiger charge is 2.14. The first kappa shape index (κ1) is 25.6. The number of phenols is 1. The summed E-state index contributed by atoms with van der Waals surface area (Å²) < 4.78 is 13.2. The molecule has 0 spiro atoms. The molecule has 0 aliphatic carbocycles. The van der Waals surface area contributed by atoms with Gasteiger partial charge in [0.2, 0.25) is 0 Å². The first-order valence-corrected chi connectivity index (χ1v) is 12.3. The molecule has 6 nitrogen and oxygen atoms in total. The molecule has 0 radical (unpaired) electrons. The number of nitrogens with zero attached hydrogens (tertiary/aromatic N) is 1. The van der Waals surface area contributed by atoms with E-state index in [0.717, 1.165) is 9.13 Å². The summed E-state index contributed by atoms with van der Waals surface area (Å²) >= 11 is 17.5. The number of halogens is 4. The molecule has 0 unspecified atom stereocenters. The van der Waals surface area contributed by atoms with Gasteiger partial charge >= 0.3 is 0 Å². The van der Waals surface area contributed by atoms with Crippen LogP contribution in [0.2, 0.25) is 10.0 Å². The largest absolute Gasteiger partial charge is 0.507 e. The number of hydrogen-bond acceptors (Lipinski definition) is 5. The SMILES string of the molecule is CCOc1cc(/C=N\NC(=O)c2cc(Br)ccc2O)cc(I)c1OCc1ccc(Cl)c(Cl)c1. The molecule has 0 saturated heterocycles. The monoisotopic (exact) mass is 662 g/mol. The number of hydrazone groups is 1. The van der Waals surface area contributed by atoms with Gasteiger partial charge in [0.25, 0.3) is 5.91 Å². The summed E-state index contributed by atoms with van der Waals surface area (Å²) in [6, 6.07) is 13.5. The van der Waals surface area contributed by atoms with Crippen LogP contribution in [0.4, 0.5) is 0 Å². The van der Waals surface area contributed by atoms with Crippen LogP contribution in [0.5, 0.6) is 17.2 Å². The van der Waals surface area contributed by atoms with Gasteiger partial charge in [-0.2, -0.15) is 5.10 Å². The Morgan fingerprint density at radius 2 is 1.94 bits per heavy atom. The summed E-state index contributed by atoms with van der Waals surface area (Å²) in [4.78, 5) is 12.3. The second kappa shape index (κ2) is 11.9. The molecular formula is C23H18BrCl2IN2O4. The summed E-state index contributed by atoms with van der Waals surface area (Å²) in [6.45, 7) is 2.60. The summed E-state index contributed by atoms with van der Waals surface area (Å²) in [5, 5.41) is 14.8. The van der Waals surface area contributed by atoms with Crippen molar-refractivity contribution in [2.45, 2.75) is 13.5 Å². The van der Waals surface area contributed by atoms with Crippen LogP contribution in [0, 0.1) is 3.57 Å². The third-order valence-corrected chi connectivity index (χ3v) is 6.32. The second-order valence-electron chi connectivity index (χ2n) is 6.66. The highest BCUT2D eigenvalue weighted by Crippen LogP contribution is 2.35. The molecule has 172 valence electrons. The van der Waals surface area contributed by atoms with Crippen molar-refractivity contribution in [2.24, 2.45) is 5.10 Å². The molecule has 1 amide bonds. The van der Waals surface area contributed by atoms with Crippen LogP contribution < -0.4 is 14.9 Å². The lowest BCUT2D eigenvalue weighted by Crippen LogP contribution is -2.17. The molecule has 0 aliphatic rings. The van der Waals surface area contributed by atoms with Crippen LogP contribution in [0.3, 0.4) is 0 Å². The van der Waals surface area contributed by atoms with Crippen LogP contribution in [0.1, 0.15) is 28.4 Å². The van der Waals surface area contributed by atoms with E-state index >= 15 is 0 Å². The maximum atomic E-state index is 12.3. The Morgan fingerprint density at radius 3 is 2.67 bits per heavy atom. The first-order valence-electron chi connectivity index (χ1n) is 9.63. The normalized spacial score (nSPS) is 10.9. The zero-order chi connectivity index (χ0) is 24.0. The van der Waals surface area contributed by atoms with Crippen LogP contribution in [-0.4, -0.2) is 23.8 Å². The summed E-state index contributed by atoms with van der Waals surface area (Å²) in [5.74, 6) is 0.458. The number of aromatic hydroxyl groups is 1. The van der Waals surface area contributed by atoms with E-state index in [1.165, 1.54) is 18.3 Å². The van der Waals surface area contributed by atoms with Crippen molar-refractivity contribution in [3.63, 3.8) is 0 Å². The standard InChI is InChI=1S/C23H18BrCl2IN2O4/c1-2-32-21-9-14(11-28-29-23(31)16-10-15(24)4-6-20(16)30)8-19(27)22(21)33-12-13-3-5-17(25)18(26)7-13/h3-11,30H,2,12H2,1H3,(H,29,31)/b28-11-. The minimum atomic E-state index is -0.536. The van der Waals surface area contributed by atoms with Gasteiger partial charge in [0.05, 0.1) is 32.0 Å². The van der Waals surface area contributed by atoms with Crippen molar-refractivity contribution >= 4 is 73.8 Å². The molecule has 0 aliphatic heterocycles. The Balaban J connectivity index is 1.74. The second-order valence-corrected chi connectivity index (χ2v) is 9.55. The quantitative estimate of drug-likeness (QED) is 0.158. The third-order valence-electron chi connectivity index (χ3n) is 4.28. The zero-order valence-corrected chi connectivity index (χ0v) is 22.5. The van der Waals surface area contributed by atoms with E-state index in [1.807, 2.05) is 19.1 Å². The molecular weight excluding hydrogens is 646 g/mol. The molecule has 3 aromatic carbocycles. The molecule has 0 bridgehead atoms. The predicted octanol–water partition coefficient (Wildman–Crippen LogP) is 6.81. The number of carbonyl (C=O) groups is 1. The van der Waals surface area contributed by atoms with Crippen LogP contribution in [-0.2, 0) is 6.61 Å². The van der Waals surface area contributed by atoms with E-state index in [2.05, 4.69) is 49.0 Å². The van der Waals surface area contributed by atoms with E-state index in [-0.39, 0.29) is 17.9 Å². The molecule has 3 aromatic rings. The lowest BCUT2D eigenvalue weighted by atomic mass is 10.2. The fourth-order valence-electron chi connectivity index (χ4n) is 2.77. The minimum Gasteiger partial charge on any atom is -0.507 e. The minimum absolute atomic E-state index is 0.108. The van der Waals surface area contributed by atoms with E-state index in [1.54, 1.807) is 24.3 Å². The number of hydrogen-bond donors (Lipinski definition) is 2. The Labute approximate surface area is 223 Å². The van der Waals surface area contributed by atoms with Crippen molar-refractivity contribution in [1.29, 1.82) is 0 Å². The van der Waals surface area contributed by atoms with Gasteiger partial charge < -0.3 is 14.6 Å². The molecule has 3 rings (SSSR count). The van der Waals surface area contributed by atoms with Gasteiger partial charge in [-0.05, 0) is 83.1 Å². The van der Waals surface area contributed by atoms with E-state index in [0.29, 0.717) is 38.2 Å². The molecule has 0 atom stereocenters. The summed E-state index contributed by atoms with van der Waals surface area (Å²) in [6.07, 6.45) is 1.49. The average Bonchev–Trinajstić information content (AvgIpc) is 2.77. The van der Waals surface area contributed by atoms with Gasteiger partial charge in [-0.25, -0.2) is 5.43 Å². The molecule has 0 saturated carbocycles. The number of rotatable bonds is 8. The van der Waals surface area contributed by atoms with Gasteiger partial charge in [0.15, 0.2) is 11.5 Å². The molecule has 0 aromatic heterocycles. The Hall–Kier alpha value is -2.01. The lowest BCUT2D eigenvalue weighted by Gasteiger charge is -2.15. The maximum Gasteiger partial charge on any atom is 0.275 e. The van der Waals surface area contributed by atoms with Crippen molar-refractivity contribution in [1.82, 2.24) is 5.43 Å². The number of benzene rings is 3. The molecule has 33 heavy (non-hydrogen) atoms. The van der Waals surface area contributed by atoms with E-state index in [9.17, 15) is 9.90 Å². The van der Waals surface area contributed by atoms with Gasteiger partial charge in [-0.1, -0.05) is 45.2 Å². The third kappa shape index (κ3) is 6.99. The van der Waals surface area contributed by atoms with Gasteiger partial charge in [0, 0.05) is 4.47 Å². The number of phenolic OH excluding ortho intramolecular Hbond substituents is 1. The van der Waals surface area contributed by atoms with Gasteiger partial charge in [0.1, 0.15) is 12.4 Å². The highest BCUT2D eigenvalue weighted by atomic mass is 127. The highest BCUT2D eigenvalue weighted by molar-refractivity contribution is 14.1. The van der Waals surface area contributed by atoms with Crippen molar-refractivity contribution in [3.8, 4) is 17.2 Å². The fourth-order valence-corrected chi connectivity index (χ4v) is 4.23. The summed E-state index contributed by atoms with van der Waals surface area (Å²) in [7, 11) is 0. The summed E-state index contributed by atoms with van der Waals surface area (Å²) in [5.41, 5.74) is 4.08. The number of amides is 1. The van der Waals surface area contributed by atoms with Crippen molar-refractivity contribution in [3.05, 3.63) is 83.3 Å². The zero-order valence-electron chi connectivity index (χ0n) is 17.2. The fraction of sp³-hybridized carbons (Fsp3) is 0.130. The molecule has 0 fully saturated rings. The maximum absolute atomic E-state index is 12.3. The lowest BCUT2D eigenvalue weighted by molar-refractivity contribution is 0.0952.